The molecule has 0 unspecified atom stereocenters. The molecule has 4 aromatic carbocycles. The fourth-order valence-corrected chi connectivity index (χ4v) is 5.32. The molecule has 0 saturated carbocycles. The van der Waals surface area contributed by atoms with Gasteiger partial charge in [-0.1, -0.05) is 96.9 Å². The SMILES string of the molecule is O=C(C#CC[C@H](O)c1cccc(O[Si](c2ccccc2)c2ccccc2)c1)Nc1ccccc1. The number of benzene rings is 4. The standard InChI is InChI=1S/C29H24NO3Si/c31-28(20-11-21-29(32)30-24-13-4-1-5-14-24)23-12-10-15-25(22-23)33-34(26-16-6-2-7-17-26)27-18-8-3-9-19-27/h1-10,12-19,22,28,31H,20H2,(H,30,32)/t28-/m0/s1. The lowest BCUT2D eigenvalue weighted by molar-refractivity contribution is -0.111. The van der Waals surface area contributed by atoms with Gasteiger partial charge < -0.3 is 14.8 Å². The first kappa shape index (κ1) is 23.1. The Morgan fingerprint density at radius 2 is 1.41 bits per heavy atom. The molecule has 4 nitrogen and oxygen atoms in total. The number of nitrogens with one attached hydrogen (secondary N) is 1. The van der Waals surface area contributed by atoms with E-state index in [0.29, 0.717) is 17.0 Å². The number of para-hydroxylation sites is 1. The number of carbonyl (C=O) groups excluding carboxylic acids is 1. The third-order valence-corrected chi connectivity index (χ3v) is 7.22. The number of aliphatic hydroxyl groups is 1. The molecule has 34 heavy (non-hydrogen) atoms. The zero-order valence-corrected chi connectivity index (χ0v) is 19.5. The van der Waals surface area contributed by atoms with E-state index in [2.05, 4.69) is 41.4 Å². The molecular weight excluding hydrogens is 438 g/mol. The Morgan fingerprint density at radius 1 is 0.824 bits per heavy atom. The van der Waals surface area contributed by atoms with E-state index in [0.717, 1.165) is 10.4 Å². The third-order valence-electron chi connectivity index (χ3n) is 5.06. The Labute approximate surface area is 201 Å². The maximum absolute atomic E-state index is 12.0. The maximum atomic E-state index is 12.0. The molecule has 0 saturated heterocycles. The number of anilines is 1. The summed E-state index contributed by atoms with van der Waals surface area (Å²) in [6.07, 6.45) is -0.689. The first-order valence-electron chi connectivity index (χ1n) is 11.0. The fraction of sp³-hybridized carbons (Fsp3) is 0.0690. The highest BCUT2D eigenvalue weighted by Crippen LogP contribution is 2.22. The van der Waals surface area contributed by atoms with Crippen molar-refractivity contribution in [1.82, 2.24) is 0 Å². The van der Waals surface area contributed by atoms with Gasteiger partial charge in [-0.2, -0.15) is 0 Å². The molecule has 1 radical (unpaired) electrons. The van der Waals surface area contributed by atoms with Crippen LogP contribution in [-0.4, -0.2) is 20.1 Å². The summed E-state index contributed by atoms with van der Waals surface area (Å²) in [6.45, 7) is 0. The van der Waals surface area contributed by atoms with Crippen LogP contribution in [0.2, 0.25) is 0 Å². The van der Waals surface area contributed by atoms with Crippen LogP contribution in [0, 0.1) is 11.8 Å². The molecule has 0 fully saturated rings. The van der Waals surface area contributed by atoms with Crippen LogP contribution >= 0.6 is 0 Å². The fourth-order valence-electron chi connectivity index (χ4n) is 3.40. The summed E-state index contributed by atoms with van der Waals surface area (Å²) in [5.74, 6) is 5.58. The summed E-state index contributed by atoms with van der Waals surface area (Å²) in [4.78, 5) is 12.0. The molecule has 0 aliphatic heterocycles. The van der Waals surface area contributed by atoms with Crippen molar-refractivity contribution in [3.8, 4) is 17.6 Å². The van der Waals surface area contributed by atoms with Gasteiger partial charge in [-0.15, -0.1) is 0 Å². The second-order valence-electron chi connectivity index (χ2n) is 7.58. The molecule has 0 heterocycles. The van der Waals surface area contributed by atoms with Gasteiger partial charge in [0.2, 0.25) is 0 Å². The molecule has 0 aliphatic carbocycles. The van der Waals surface area contributed by atoms with Crippen LogP contribution in [0.1, 0.15) is 18.1 Å². The lowest BCUT2D eigenvalue weighted by atomic mass is 10.1. The molecule has 1 atom stereocenters. The maximum Gasteiger partial charge on any atom is 0.352 e. The third kappa shape index (κ3) is 6.45. The minimum absolute atomic E-state index is 0.140. The van der Waals surface area contributed by atoms with E-state index in [4.69, 9.17) is 4.43 Å². The molecule has 2 N–H and O–H groups in total. The van der Waals surface area contributed by atoms with Crippen LogP contribution < -0.4 is 20.1 Å². The number of amides is 1. The van der Waals surface area contributed by atoms with E-state index in [1.807, 2.05) is 78.9 Å². The summed E-state index contributed by atoms with van der Waals surface area (Å²) >= 11 is 0. The van der Waals surface area contributed by atoms with Crippen molar-refractivity contribution >= 4 is 31.0 Å². The van der Waals surface area contributed by atoms with Gasteiger partial charge in [0.15, 0.2) is 0 Å². The van der Waals surface area contributed by atoms with Crippen molar-refractivity contribution in [1.29, 1.82) is 0 Å². The van der Waals surface area contributed by atoms with Gasteiger partial charge in [-0.05, 0) is 46.1 Å². The van der Waals surface area contributed by atoms with Gasteiger partial charge in [0, 0.05) is 12.1 Å². The Kier molecular flexibility index (Phi) is 7.91. The quantitative estimate of drug-likeness (QED) is 0.323. The Balaban J connectivity index is 1.44. The van der Waals surface area contributed by atoms with E-state index in [1.165, 1.54) is 0 Å². The smallest absolute Gasteiger partial charge is 0.352 e. The number of aliphatic hydroxyl groups excluding tert-OH is 1. The molecule has 0 aromatic heterocycles. The summed E-state index contributed by atoms with van der Waals surface area (Å²) in [6, 6.07) is 36.9. The van der Waals surface area contributed by atoms with Crippen LogP contribution in [-0.2, 0) is 4.79 Å². The number of hydrogen-bond acceptors (Lipinski definition) is 3. The first-order valence-corrected chi connectivity index (χ1v) is 12.4. The van der Waals surface area contributed by atoms with E-state index >= 15 is 0 Å². The van der Waals surface area contributed by atoms with E-state index in [9.17, 15) is 9.90 Å². The summed E-state index contributed by atoms with van der Waals surface area (Å²) in [5.41, 5.74) is 1.37. The summed E-state index contributed by atoms with van der Waals surface area (Å²) in [7, 11) is -1.51. The highest BCUT2D eigenvalue weighted by Gasteiger charge is 2.21. The Morgan fingerprint density at radius 3 is 2.03 bits per heavy atom. The van der Waals surface area contributed by atoms with Crippen LogP contribution in [0.15, 0.2) is 115 Å². The van der Waals surface area contributed by atoms with Crippen LogP contribution in [0.4, 0.5) is 5.69 Å². The first-order chi connectivity index (χ1) is 16.7. The molecular formula is C29H24NO3Si. The van der Waals surface area contributed by atoms with Gasteiger partial charge >= 0.3 is 9.04 Å². The minimum Gasteiger partial charge on any atom is -0.533 e. The highest BCUT2D eigenvalue weighted by molar-refractivity contribution is 6.80. The van der Waals surface area contributed by atoms with Gasteiger partial charge in [0.25, 0.3) is 5.91 Å². The zero-order chi connectivity index (χ0) is 23.6. The second kappa shape index (κ2) is 11.7. The minimum atomic E-state index is -1.51. The van der Waals surface area contributed by atoms with Crippen LogP contribution in [0.25, 0.3) is 0 Å². The molecule has 0 aliphatic rings. The zero-order valence-electron chi connectivity index (χ0n) is 18.5. The summed E-state index contributed by atoms with van der Waals surface area (Å²) < 4.78 is 6.48. The van der Waals surface area contributed by atoms with Crippen LogP contribution in [0.5, 0.6) is 5.75 Å². The average molecular weight is 463 g/mol. The normalized spacial score (nSPS) is 11.2. The molecule has 0 spiro atoms. The predicted molar refractivity (Wildman–Crippen MR) is 137 cm³/mol. The molecule has 4 rings (SSSR count). The average Bonchev–Trinajstić information content (AvgIpc) is 2.89. The summed E-state index contributed by atoms with van der Waals surface area (Å²) in [5, 5.41) is 15.6. The number of carbonyl (C=O) groups is 1. The van der Waals surface area contributed by atoms with Gasteiger partial charge in [0.05, 0.1) is 6.10 Å². The van der Waals surface area contributed by atoms with Crippen molar-refractivity contribution in [3.63, 3.8) is 0 Å². The van der Waals surface area contributed by atoms with Crippen molar-refractivity contribution in [2.45, 2.75) is 12.5 Å². The molecule has 1 amide bonds. The Bertz CT molecular complexity index is 1230. The largest absolute Gasteiger partial charge is 0.533 e. The molecule has 167 valence electrons. The highest BCUT2D eigenvalue weighted by atomic mass is 28.3. The monoisotopic (exact) mass is 462 g/mol. The van der Waals surface area contributed by atoms with Crippen LogP contribution in [0.3, 0.4) is 0 Å². The van der Waals surface area contributed by atoms with Gasteiger partial charge in [-0.3, -0.25) is 4.79 Å². The van der Waals surface area contributed by atoms with E-state index < -0.39 is 21.1 Å². The van der Waals surface area contributed by atoms with E-state index in [-0.39, 0.29) is 6.42 Å². The predicted octanol–water partition coefficient (Wildman–Crippen LogP) is 3.94. The van der Waals surface area contributed by atoms with Gasteiger partial charge in [-0.25, -0.2) is 0 Å². The van der Waals surface area contributed by atoms with Crippen molar-refractivity contribution in [2.75, 3.05) is 5.32 Å². The van der Waals surface area contributed by atoms with Crippen molar-refractivity contribution in [2.24, 2.45) is 0 Å². The molecule has 4 aromatic rings. The second-order valence-corrected chi connectivity index (χ2v) is 9.59. The lowest BCUT2D eigenvalue weighted by Crippen LogP contribution is -2.47. The van der Waals surface area contributed by atoms with E-state index in [1.54, 1.807) is 12.1 Å². The number of rotatable bonds is 7. The van der Waals surface area contributed by atoms with Crippen molar-refractivity contribution in [3.05, 3.63) is 121 Å². The molecule has 5 heteroatoms. The Hall–Kier alpha value is -4.11. The molecule has 0 bridgehead atoms. The van der Waals surface area contributed by atoms with Crippen molar-refractivity contribution < 1.29 is 14.3 Å². The number of hydrogen-bond donors (Lipinski definition) is 2. The van der Waals surface area contributed by atoms with Gasteiger partial charge in [0.1, 0.15) is 5.75 Å². The topological polar surface area (TPSA) is 58.6 Å². The lowest BCUT2D eigenvalue weighted by Gasteiger charge is -2.18.